The monoisotopic (exact) mass is 399 g/mol. The highest BCUT2D eigenvalue weighted by Crippen LogP contribution is 2.23. The third kappa shape index (κ3) is 4.55. The highest BCUT2D eigenvalue weighted by Gasteiger charge is 2.21. The van der Waals surface area contributed by atoms with Crippen molar-refractivity contribution in [3.05, 3.63) is 47.4 Å². The van der Waals surface area contributed by atoms with Gasteiger partial charge in [0.25, 0.3) is 5.91 Å². The van der Waals surface area contributed by atoms with Crippen molar-refractivity contribution in [3.8, 4) is 0 Å². The molecule has 6 nitrogen and oxygen atoms in total. The number of nitrogens with one attached hydrogen (secondary N) is 1. The minimum atomic E-state index is -0.0897. The van der Waals surface area contributed by atoms with E-state index >= 15 is 0 Å². The molecule has 0 unspecified atom stereocenters. The van der Waals surface area contributed by atoms with Crippen molar-refractivity contribution in [1.29, 1.82) is 0 Å². The van der Waals surface area contributed by atoms with Crippen molar-refractivity contribution in [2.75, 3.05) is 36.0 Å². The lowest BCUT2D eigenvalue weighted by Gasteiger charge is -2.36. The lowest BCUT2D eigenvalue weighted by Crippen LogP contribution is -2.47. The maximum Gasteiger partial charge on any atom is 0.270 e. The van der Waals surface area contributed by atoms with Crippen LogP contribution in [-0.2, 0) is 0 Å². The topological polar surface area (TPSA) is 61.4 Å². The van der Waals surface area contributed by atoms with Crippen LogP contribution >= 0.6 is 11.6 Å². The van der Waals surface area contributed by atoms with E-state index in [1.165, 1.54) is 25.6 Å². The summed E-state index contributed by atoms with van der Waals surface area (Å²) < 4.78 is 0. The number of piperazine rings is 1. The van der Waals surface area contributed by atoms with Gasteiger partial charge in [-0.05, 0) is 31.0 Å². The number of amides is 1. The molecule has 1 aliphatic heterocycles. The van der Waals surface area contributed by atoms with Crippen LogP contribution in [0.3, 0.4) is 0 Å². The highest BCUT2D eigenvalue weighted by atomic mass is 35.5. The van der Waals surface area contributed by atoms with Gasteiger partial charge >= 0.3 is 0 Å². The number of rotatable bonds is 4. The first-order chi connectivity index (χ1) is 13.7. The molecule has 4 rings (SSSR count). The average molecular weight is 400 g/mol. The van der Waals surface area contributed by atoms with Gasteiger partial charge in [0.1, 0.15) is 17.8 Å². The quantitative estimate of drug-likeness (QED) is 0.852. The Balaban J connectivity index is 1.37. The largest absolute Gasteiger partial charge is 0.368 e. The van der Waals surface area contributed by atoms with Crippen LogP contribution in [0.25, 0.3) is 0 Å². The fourth-order valence-corrected chi connectivity index (χ4v) is 4.20. The molecule has 0 radical (unpaired) electrons. The Kier molecular flexibility index (Phi) is 5.95. The lowest BCUT2D eigenvalue weighted by atomic mass is 9.95. The van der Waals surface area contributed by atoms with E-state index in [0.717, 1.165) is 55.5 Å². The van der Waals surface area contributed by atoms with E-state index in [9.17, 15) is 4.79 Å². The average Bonchev–Trinajstić information content (AvgIpc) is 2.75. The number of carbonyl (C=O) groups is 1. The summed E-state index contributed by atoms with van der Waals surface area (Å²) >= 11 is 6.11. The fraction of sp³-hybridized carbons (Fsp3) is 0.476. The maximum atomic E-state index is 12.6. The molecule has 1 amide bonds. The first-order valence-electron chi connectivity index (χ1n) is 10.1. The van der Waals surface area contributed by atoms with Crippen molar-refractivity contribution in [3.63, 3.8) is 0 Å². The van der Waals surface area contributed by atoms with Crippen molar-refractivity contribution in [2.45, 2.75) is 38.1 Å². The number of carbonyl (C=O) groups excluding carboxylic acids is 1. The third-order valence-electron chi connectivity index (χ3n) is 5.60. The molecule has 1 aliphatic carbocycles. The van der Waals surface area contributed by atoms with Gasteiger partial charge in [0, 0.05) is 49.0 Å². The summed E-state index contributed by atoms with van der Waals surface area (Å²) in [6.45, 7) is 3.45. The smallest absolute Gasteiger partial charge is 0.270 e. The van der Waals surface area contributed by atoms with Gasteiger partial charge in [0.15, 0.2) is 0 Å². The number of halogens is 1. The van der Waals surface area contributed by atoms with Gasteiger partial charge in [0.2, 0.25) is 0 Å². The Morgan fingerprint density at radius 2 is 1.75 bits per heavy atom. The van der Waals surface area contributed by atoms with Crippen molar-refractivity contribution < 1.29 is 4.79 Å². The number of aromatic nitrogens is 2. The molecule has 0 bridgehead atoms. The van der Waals surface area contributed by atoms with E-state index < -0.39 is 0 Å². The predicted molar refractivity (Wildman–Crippen MR) is 112 cm³/mol. The van der Waals surface area contributed by atoms with Gasteiger partial charge < -0.3 is 15.1 Å². The molecule has 1 aromatic carbocycles. The maximum absolute atomic E-state index is 12.6. The van der Waals surface area contributed by atoms with E-state index in [-0.39, 0.29) is 11.9 Å². The Hall–Kier alpha value is -2.34. The van der Waals surface area contributed by atoms with Gasteiger partial charge in [0.05, 0.1) is 0 Å². The van der Waals surface area contributed by atoms with E-state index in [4.69, 9.17) is 11.6 Å². The van der Waals surface area contributed by atoms with Crippen LogP contribution in [0, 0.1) is 0 Å². The zero-order valence-corrected chi connectivity index (χ0v) is 16.7. The van der Waals surface area contributed by atoms with Crippen molar-refractivity contribution in [1.82, 2.24) is 15.3 Å². The zero-order chi connectivity index (χ0) is 19.3. The van der Waals surface area contributed by atoms with E-state index in [1.54, 1.807) is 0 Å². The molecule has 148 valence electrons. The number of anilines is 2. The summed E-state index contributed by atoms with van der Waals surface area (Å²) in [6, 6.07) is 10.0. The van der Waals surface area contributed by atoms with Gasteiger partial charge in [-0.3, -0.25) is 4.79 Å². The summed E-state index contributed by atoms with van der Waals surface area (Å²) in [5.41, 5.74) is 1.59. The number of hydrogen-bond acceptors (Lipinski definition) is 5. The molecule has 1 N–H and O–H groups in total. The second kappa shape index (κ2) is 8.78. The molecule has 7 heteroatoms. The van der Waals surface area contributed by atoms with Crippen LogP contribution < -0.4 is 15.1 Å². The van der Waals surface area contributed by atoms with Crippen molar-refractivity contribution >= 4 is 29.0 Å². The molecule has 2 aromatic rings. The molecule has 0 spiro atoms. The van der Waals surface area contributed by atoms with E-state index in [1.807, 2.05) is 24.3 Å². The third-order valence-corrected chi connectivity index (χ3v) is 5.84. The second-order valence-electron chi connectivity index (χ2n) is 7.52. The SMILES string of the molecule is O=C(NC1CCCCC1)c1cc(N2CCN(c3cccc(Cl)c3)CC2)ncn1. The van der Waals surface area contributed by atoms with E-state index in [0.29, 0.717) is 5.69 Å². The Morgan fingerprint density at radius 1 is 1.00 bits per heavy atom. The first kappa shape index (κ1) is 19.0. The molecule has 28 heavy (non-hydrogen) atoms. The predicted octanol–water partition coefficient (Wildman–Crippen LogP) is 3.52. The van der Waals surface area contributed by atoms with Crippen LogP contribution in [0.15, 0.2) is 36.7 Å². The molecule has 2 heterocycles. The van der Waals surface area contributed by atoms with Gasteiger partial charge in [-0.25, -0.2) is 9.97 Å². The van der Waals surface area contributed by atoms with E-state index in [2.05, 4.69) is 31.2 Å². The molecule has 0 atom stereocenters. The molecule has 1 saturated heterocycles. The minimum absolute atomic E-state index is 0.0897. The summed E-state index contributed by atoms with van der Waals surface area (Å²) in [5.74, 6) is 0.725. The molecular weight excluding hydrogens is 374 g/mol. The number of nitrogens with zero attached hydrogens (tertiary/aromatic N) is 4. The van der Waals surface area contributed by atoms with Crippen molar-refractivity contribution in [2.24, 2.45) is 0 Å². The Morgan fingerprint density at radius 3 is 2.50 bits per heavy atom. The zero-order valence-electron chi connectivity index (χ0n) is 16.0. The van der Waals surface area contributed by atoms with Gasteiger partial charge in [-0.15, -0.1) is 0 Å². The lowest BCUT2D eigenvalue weighted by molar-refractivity contribution is 0.0922. The van der Waals surface area contributed by atoms with Crippen LogP contribution in [0.4, 0.5) is 11.5 Å². The van der Waals surface area contributed by atoms with Gasteiger partial charge in [-0.1, -0.05) is 36.9 Å². The van der Waals surface area contributed by atoms with Gasteiger partial charge in [-0.2, -0.15) is 0 Å². The molecule has 1 saturated carbocycles. The summed E-state index contributed by atoms with van der Waals surface area (Å²) in [5, 5.41) is 3.88. The second-order valence-corrected chi connectivity index (χ2v) is 7.96. The summed E-state index contributed by atoms with van der Waals surface area (Å²) in [7, 11) is 0. The minimum Gasteiger partial charge on any atom is -0.368 e. The fourth-order valence-electron chi connectivity index (χ4n) is 4.02. The first-order valence-corrected chi connectivity index (χ1v) is 10.5. The molecule has 2 fully saturated rings. The normalized spacial score (nSPS) is 18.2. The van der Waals surface area contributed by atoms with Crippen LogP contribution in [0.5, 0.6) is 0 Å². The van der Waals surface area contributed by atoms with Crippen LogP contribution in [0.1, 0.15) is 42.6 Å². The number of hydrogen-bond donors (Lipinski definition) is 1. The summed E-state index contributed by atoms with van der Waals surface area (Å²) in [6.07, 6.45) is 7.28. The molecule has 1 aromatic heterocycles. The van der Waals surface area contributed by atoms with Crippen LogP contribution in [0.2, 0.25) is 5.02 Å². The molecular formula is C21H26ClN5O. The summed E-state index contributed by atoms with van der Waals surface area (Å²) in [4.78, 5) is 25.7. The standard InChI is InChI=1S/C21H26ClN5O/c22-16-5-4-8-18(13-16)26-9-11-27(12-10-26)20-14-19(23-15-24-20)21(28)25-17-6-2-1-3-7-17/h4-5,8,13-15,17H,1-3,6-7,9-12H2,(H,25,28). The Labute approximate surface area is 170 Å². The molecule has 2 aliphatic rings. The Bertz CT molecular complexity index is 816. The van der Waals surface area contributed by atoms with Crippen LogP contribution in [-0.4, -0.2) is 48.1 Å². The number of benzene rings is 1. The highest BCUT2D eigenvalue weighted by molar-refractivity contribution is 6.30.